The van der Waals surface area contributed by atoms with E-state index in [1.165, 1.54) is 57.7 Å². The highest BCUT2D eigenvalue weighted by atomic mass is 15.0. The number of rotatable bonds is 10. The van der Waals surface area contributed by atoms with Crippen molar-refractivity contribution < 1.29 is 0 Å². The largest absolute Gasteiger partial charge is 0.394 e. The number of nitrogens with zero attached hydrogens (tertiary/aromatic N) is 2. The lowest BCUT2D eigenvalue weighted by Crippen LogP contribution is -2.06. The van der Waals surface area contributed by atoms with Crippen LogP contribution in [0, 0.1) is 0 Å². The van der Waals surface area contributed by atoms with Crippen molar-refractivity contribution in [1.29, 1.82) is 0 Å². The number of unbranched alkanes of at least 4 members (excludes halogenated alkanes) is 7. The molecule has 0 aromatic carbocycles. The highest BCUT2D eigenvalue weighted by molar-refractivity contribution is 5.58. The van der Waals surface area contributed by atoms with Crippen LogP contribution < -0.4 is 11.1 Å². The van der Waals surface area contributed by atoms with Crippen LogP contribution in [0.1, 0.15) is 58.3 Å². The van der Waals surface area contributed by atoms with Crippen molar-refractivity contribution in [3.05, 3.63) is 12.5 Å². The van der Waals surface area contributed by atoms with Crippen molar-refractivity contribution >= 4 is 11.5 Å². The molecule has 0 saturated heterocycles. The minimum absolute atomic E-state index is 0.622. The molecule has 1 aromatic rings. The first kappa shape index (κ1) is 14.7. The van der Waals surface area contributed by atoms with Crippen LogP contribution in [0.2, 0.25) is 0 Å². The highest BCUT2D eigenvalue weighted by Gasteiger charge is 1.98. The number of anilines is 2. The molecular weight excluding hydrogens is 224 g/mol. The summed E-state index contributed by atoms with van der Waals surface area (Å²) in [4.78, 5) is 7.96. The van der Waals surface area contributed by atoms with Crippen LogP contribution in [-0.4, -0.2) is 16.5 Å². The van der Waals surface area contributed by atoms with Gasteiger partial charge in [0.05, 0.1) is 11.9 Å². The molecule has 0 atom stereocenters. The normalized spacial score (nSPS) is 10.5. The van der Waals surface area contributed by atoms with E-state index in [0.29, 0.717) is 5.69 Å². The molecule has 1 rings (SSSR count). The van der Waals surface area contributed by atoms with Gasteiger partial charge in [0.2, 0.25) is 0 Å². The van der Waals surface area contributed by atoms with Crippen LogP contribution in [0.15, 0.2) is 12.5 Å². The van der Waals surface area contributed by atoms with E-state index in [9.17, 15) is 0 Å². The maximum atomic E-state index is 5.74. The second-order valence-corrected chi connectivity index (χ2v) is 4.73. The van der Waals surface area contributed by atoms with Crippen LogP contribution in [0.3, 0.4) is 0 Å². The van der Waals surface area contributed by atoms with Gasteiger partial charge in [-0.15, -0.1) is 0 Å². The summed E-state index contributed by atoms with van der Waals surface area (Å²) in [7, 11) is 0. The fourth-order valence-corrected chi connectivity index (χ4v) is 1.95. The number of aromatic nitrogens is 2. The topological polar surface area (TPSA) is 63.8 Å². The van der Waals surface area contributed by atoms with Crippen molar-refractivity contribution in [1.82, 2.24) is 9.97 Å². The molecule has 0 aliphatic rings. The smallest absolute Gasteiger partial charge is 0.152 e. The van der Waals surface area contributed by atoms with E-state index < -0.39 is 0 Å². The maximum Gasteiger partial charge on any atom is 0.152 e. The van der Waals surface area contributed by atoms with Crippen molar-refractivity contribution in [2.24, 2.45) is 0 Å². The van der Waals surface area contributed by atoms with Crippen LogP contribution in [-0.2, 0) is 0 Å². The Hall–Kier alpha value is -1.32. The maximum absolute atomic E-state index is 5.74. The predicted octanol–water partition coefficient (Wildman–Crippen LogP) is 3.61. The van der Waals surface area contributed by atoms with Crippen molar-refractivity contribution in [3.63, 3.8) is 0 Å². The first-order chi connectivity index (χ1) is 8.84. The molecule has 0 radical (unpaired) electrons. The molecule has 0 saturated carbocycles. The molecule has 102 valence electrons. The minimum Gasteiger partial charge on any atom is -0.394 e. The molecule has 4 nitrogen and oxygen atoms in total. The number of nitrogen functional groups attached to an aromatic ring is 1. The van der Waals surface area contributed by atoms with E-state index in [4.69, 9.17) is 5.73 Å². The zero-order valence-electron chi connectivity index (χ0n) is 11.5. The molecule has 1 heterocycles. The molecule has 0 unspecified atom stereocenters. The van der Waals surface area contributed by atoms with Crippen molar-refractivity contribution in [2.75, 3.05) is 17.6 Å². The van der Waals surface area contributed by atoms with E-state index >= 15 is 0 Å². The molecule has 3 N–H and O–H groups in total. The van der Waals surface area contributed by atoms with Gasteiger partial charge in [-0.05, 0) is 6.42 Å². The van der Waals surface area contributed by atoms with Gasteiger partial charge in [0.15, 0.2) is 5.82 Å². The summed E-state index contributed by atoms with van der Waals surface area (Å²) in [6.07, 6.45) is 13.8. The van der Waals surface area contributed by atoms with Crippen LogP contribution >= 0.6 is 0 Å². The molecule has 0 amide bonds. The van der Waals surface area contributed by atoms with E-state index in [1.54, 1.807) is 6.20 Å². The fourth-order valence-electron chi connectivity index (χ4n) is 1.95. The summed E-state index contributed by atoms with van der Waals surface area (Å²) in [5.74, 6) is 0.757. The Morgan fingerprint density at radius 3 is 2.39 bits per heavy atom. The number of hydrogen-bond donors (Lipinski definition) is 2. The van der Waals surface area contributed by atoms with Crippen LogP contribution in [0.5, 0.6) is 0 Å². The molecule has 4 heteroatoms. The summed E-state index contributed by atoms with van der Waals surface area (Å²) in [6, 6.07) is 0. The Morgan fingerprint density at radius 2 is 1.72 bits per heavy atom. The Labute approximate surface area is 110 Å². The fraction of sp³-hybridized carbons (Fsp3) is 0.714. The molecule has 18 heavy (non-hydrogen) atoms. The van der Waals surface area contributed by atoms with Gasteiger partial charge in [0, 0.05) is 6.54 Å². The second kappa shape index (κ2) is 9.68. The number of nitrogens with two attached hydrogens (primary N) is 1. The zero-order valence-corrected chi connectivity index (χ0v) is 11.5. The van der Waals surface area contributed by atoms with Gasteiger partial charge in [-0.25, -0.2) is 9.97 Å². The molecule has 0 aliphatic heterocycles. The first-order valence-corrected chi connectivity index (χ1v) is 7.14. The summed E-state index contributed by atoms with van der Waals surface area (Å²) < 4.78 is 0. The quantitative estimate of drug-likeness (QED) is 0.623. The molecule has 0 spiro atoms. The van der Waals surface area contributed by atoms with Gasteiger partial charge in [0.1, 0.15) is 6.33 Å². The monoisotopic (exact) mass is 250 g/mol. The van der Waals surface area contributed by atoms with E-state index in [2.05, 4.69) is 22.2 Å². The molecule has 0 aliphatic carbocycles. The lowest BCUT2D eigenvalue weighted by molar-refractivity contribution is 0.581. The van der Waals surface area contributed by atoms with Gasteiger partial charge >= 0.3 is 0 Å². The number of hydrogen-bond acceptors (Lipinski definition) is 4. The van der Waals surface area contributed by atoms with E-state index in [1.807, 2.05) is 0 Å². The summed E-state index contributed by atoms with van der Waals surface area (Å²) >= 11 is 0. The third kappa shape index (κ3) is 6.42. The first-order valence-electron chi connectivity index (χ1n) is 7.14. The lowest BCUT2D eigenvalue weighted by Gasteiger charge is -2.07. The van der Waals surface area contributed by atoms with E-state index in [-0.39, 0.29) is 0 Å². The van der Waals surface area contributed by atoms with Gasteiger partial charge in [-0.1, -0.05) is 51.9 Å². The lowest BCUT2D eigenvalue weighted by atomic mass is 10.1. The van der Waals surface area contributed by atoms with Gasteiger partial charge in [-0.3, -0.25) is 0 Å². The van der Waals surface area contributed by atoms with Gasteiger partial charge in [0.25, 0.3) is 0 Å². The third-order valence-electron chi connectivity index (χ3n) is 3.06. The average Bonchev–Trinajstić information content (AvgIpc) is 2.39. The zero-order chi connectivity index (χ0) is 13.1. The second-order valence-electron chi connectivity index (χ2n) is 4.73. The average molecular weight is 250 g/mol. The van der Waals surface area contributed by atoms with Gasteiger partial charge in [-0.2, -0.15) is 0 Å². The van der Waals surface area contributed by atoms with Crippen molar-refractivity contribution in [3.8, 4) is 0 Å². The third-order valence-corrected chi connectivity index (χ3v) is 3.06. The molecule has 1 aromatic heterocycles. The van der Waals surface area contributed by atoms with Crippen molar-refractivity contribution in [2.45, 2.75) is 58.3 Å². The predicted molar refractivity (Wildman–Crippen MR) is 77.5 cm³/mol. The summed E-state index contributed by atoms with van der Waals surface area (Å²) in [5.41, 5.74) is 6.36. The Balaban J connectivity index is 1.94. The molecule has 0 fully saturated rings. The van der Waals surface area contributed by atoms with E-state index in [0.717, 1.165) is 12.4 Å². The van der Waals surface area contributed by atoms with Crippen LogP contribution in [0.25, 0.3) is 0 Å². The Bertz CT molecular complexity index is 314. The Kier molecular flexibility index (Phi) is 7.93. The molecular formula is C14H26N4. The summed E-state index contributed by atoms with van der Waals surface area (Å²) in [6.45, 7) is 3.20. The standard InChI is InChI=1S/C14H26N4/c1-2-3-4-5-6-7-8-9-10-17-14-13(15)11-16-12-18-14/h11-12H,2-10,15H2,1H3,(H,16,17,18). The van der Waals surface area contributed by atoms with Crippen LogP contribution in [0.4, 0.5) is 11.5 Å². The number of nitrogens with one attached hydrogen (secondary N) is 1. The SMILES string of the molecule is CCCCCCCCCCNc1ncncc1N. The molecule has 0 bridgehead atoms. The summed E-state index contributed by atoms with van der Waals surface area (Å²) in [5, 5.41) is 3.25. The van der Waals surface area contributed by atoms with Gasteiger partial charge < -0.3 is 11.1 Å². The minimum atomic E-state index is 0.622. The Morgan fingerprint density at radius 1 is 1.06 bits per heavy atom. The highest BCUT2D eigenvalue weighted by Crippen LogP contribution is 2.12.